The lowest BCUT2D eigenvalue weighted by molar-refractivity contribution is -0.142. The summed E-state index contributed by atoms with van der Waals surface area (Å²) in [7, 11) is 1.25. The Morgan fingerprint density at radius 2 is 1.79 bits per heavy atom. The average Bonchev–Trinajstić information content (AvgIpc) is 2.98. The van der Waals surface area contributed by atoms with E-state index in [4.69, 9.17) is 4.74 Å². The molecule has 4 rings (SSSR count). The van der Waals surface area contributed by atoms with Crippen molar-refractivity contribution in [1.29, 1.82) is 0 Å². The van der Waals surface area contributed by atoms with Crippen LogP contribution in [0.3, 0.4) is 0 Å². The summed E-state index contributed by atoms with van der Waals surface area (Å²) < 4.78 is 50.3. The normalized spacial score (nSPS) is 12.0. The Hall–Kier alpha value is -5.27. The number of carboxylic acids is 1. The topological polar surface area (TPSA) is 150 Å². The molecule has 0 saturated heterocycles. The van der Waals surface area contributed by atoms with E-state index in [1.54, 1.807) is 36.4 Å². The molecular weight excluding hydrogens is 573 g/mol. The molecule has 14 heteroatoms. The predicted octanol–water partition coefficient (Wildman–Crippen LogP) is 4.93. The first-order valence-corrected chi connectivity index (χ1v) is 12.8. The molecule has 1 amide bonds. The number of hydrogen-bond acceptors (Lipinski definition) is 8. The van der Waals surface area contributed by atoms with E-state index in [1.165, 1.54) is 19.2 Å². The molecule has 0 aliphatic carbocycles. The van der Waals surface area contributed by atoms with Gasteiger partial charge in [-0.15, -0.1) is 5.10 Å². The van der Waals surface area contributed by atoms with Crippen LogP contribution in [0.1, 0.15) is 34.3 Å². The van der Waals surface area contributed by atoms with Crippen molar-refractivity contribution >= 4 is 34.4 Å². The van der Waals surface area contributed by atoms with Crippen LogP contribution in [0.15, 0.2) is 71.5 Å². The predicted molar refractivity (Wildman–Crippen MR) is 147 cm³/mol. The van der Waals surface area contributed by atoms with Gasteiger partial charge in [0.2, 0.25) is 0 Å². The number of alkyl halides is 3. The van der Waals surface area contributed by atoms with Gasteiger partial charge in [0.1, 0.15) is 17.9 Å². The number of ketones is 1. The van der Waals surface area contributed by atoms with Gasteiger partial charge in [0.15, 0.2) is 5.78 Å². The summed E-state index contributed by atoms with van der Waals surface area (Å²) in [5, 5.41) is 19.4. The van der Waals surface area contributed by atoms with Gasteiger partial charge in [0, 0.05) is 24.2 Å². The fourth-order valence-electron chi connectivity index (χ4n) is 4.14. The zero-order chi connectivity index (χ0) is 31.1. The van der Waals surface area contributed by atoms with Gasteiger partial charge in [-0.25, -0.2) is 9.48 Å². The van der Waals surface area contributed by atoms with Crippen molar-refractivity contribution in [3.05, 3.63) is 93.8 Å². The molecule has 2 N–H and O–H groups in total. The number of carboxylic acid groups (broad SMARTS) is 1. The standard InChI is InChI=1S/C29H25F3N4O7/c1-42-28(41)33-21-4-2-3-17(13-21)16-43-22-8-5-18(6-9-22)25(37)14-19(27(39)40)11-12-36-26(38)23-15-20(29(30,31)32)7-10-24(23)34-35-36/h2-10,13,15,19H,11-12,14,16H2,1H3,(H,33,41)(H,39,40)/t19-/m0/s1. The maximum absolute atomic E-state index is 13.1. The molecule has 11 nitrogen and oxygen atoms in total. The number of Topliss-reactive ketones (excluding diaryl/α,β-unsaturated/α-hetero) is 1. The van der Waals surface area contributed by atoms with Crippen LogP contribution in [0, 0.1) is 5.92 Å². The number of amides is 1. The second kappa shape index (κ2) is 13.1. The molecule has 224 valence electrons. The maximum Gasteiger partial charge on any atom is 0.416 e. The number of fused-ring (bicyclic) bond motifs is 1. The number of nitrogens with one attached hydrogen (secondary N) is 1. The summed E-state index contributed by atoms with van der Waals surface area (Å²) in [6.45, 7) is -0.106. The lowest BCUT2D eigenvalue weighted by atomic mass is 9.95. The second-order valence-electron chi connectivity index (χ2n) is 9.43. The number of aromatic nitrogens is 3. The maximum atomic E-state index is 13.1. The lowest BCUT2D eigenvalue weighted by Gasteiger charge is -2.13. The van der Waals surface area contributed by atoms with E-state index in [9.17, 15) is 37.5 Å². The molecule has 0 fully saturated rings. The molecule has 0 aliphatic heterocycles. The van der Waals surface area contributed by atoms with E-state index >= 15 is 0 Å². The van der Waals surface area contributed by atoms with Crippen LogP contribution < -0.4 is 15.6 Å². The molecule has 0 unspecified atom stereocenters. The van der Waals surface area contributed by atoms with E-state index in [0.717, 1.165) is 22.4 Å². The molecule has 0 spiro atoms. The fraction of sp³-hybridized carbons (Fsp3) is 0.241. The van der Waals surface area contributed by atoms with Gasteiger partial charge in [-0.1, -0.05) is 17.3 Å². The van der Waals surface area contributed by atoms with E-state index < -0.39 is 41.1 Å². The monoisotopic (exact) mass is 598 g/mol. The van der Waals surface area contributed by atoms with Crippen LogP contribution in [0.5, 0.6) is 5.75 Å². The van der Waals surface area contributed by atoms with Crippen LogP contribution >= 0.6 is 0 Å². The molecule has 0 radical (unpaired) electrons. The Bertz CT molecular complexity index is 1710. The zero-order valence-electron chi connectivity index (χ0n) is 22.6. The van der Waals surface area contributed by atoms with Gasteiger partial charge in [-0.05, 0) is 66.6 Å². The van der Waals surface area contributed by atoms with Crippen molar-refractivity contribution in [3.63, 3.8) is 0 Å². The molecule has 1 atom stereocenters. The highest BCUT2D eigenvalue weighted by atomic mass is 19.4. The van der Waals surface area contributed by atoms with Crippen molar-refractivity contribution < 1.29 is 42.1 Å². The highest BCUT2D eigenvalue weighted by Crippen LogP contribution is 2.30. The number of aryl methyl sites for hydroxylation is 1. The third-order valence-electron chi connectivity index (χ3n) is 6.46. The fourth-order valence-corrected chi connectivity index (χ4v) is 4.14. The van der Waals surface area contributed by atoms with E-state index in [2.05, 4.69) is 20.4 Å². The number of hydrogen-bond donors (Lipinski definition) is 2. The van der Waals surface area contributed by atoms with Gasteiger partial charge in [-0.2, -0.15) is 13.2 Å². The number of halogens is 3. The van der Waals surface area contributed by atoms with Crippen molar-refractivity contribution in [1.82, 2.24) is 15.0 Å². The third kappa shape index (κ3) is 7.93. The van der Waals surface area contributed by atoms with Gasteiger partial charge in [0.05, 0.1) is 24.0 Å². The number of aliphatic carboxylic acids is 1. The highest BCUT2D eigenvalue weighted by molar-refractivity contribution is 5.98. The molecule has 0 saturated carbocycles. The first kappa shape index (κ1) is 30.7. The van der Waals surface area contributed by atoms with E-state index in [-0.39, 0.29) is 42.5 Å². The summed E-state index contributed by atoms with van der Waals surface area (Å²) in [6, 6.07) is 15.5. The van der Waals surface area contributed by atoms with Gasteiger partial charge in [-0.3, -0.25) is 19.7 Å². The van der Waals surface area contributed by atoms with Crippen LogP contribution in [-0.2, 0) is 28.9 Å². The Labute approximate surface area is 241 Å². The average molecular weight is 599 g/mol. The molecule has 3 aromatic carbocycles. The van der Waals surface area contributed by atoms with Crippen molar-refractivity contribution in [2.45, 2.75) is 32.2 Å². The number of benzene rings is 3. The number of anilines is 1. The van der Waals surface area contributed by atoms with Gasteiger partial charge < -0.3 is 14.6 Å². The summed E-state index contributed by atoms with van der Waals surface area (Å²) in [6.07, 6.45) is -5.85. The second-order valence-corrected chi connectivity index (χ2v) is 9.43. The highest BCUT2D eigenvalue weighted by Gasteiger charge is 2.31. The first-order chi connectivity index (χ1) is 20.4. The Morgan fingerprint density at radius 3 is 2.47 bits per heavy atom. The molecule has 1 aromatic heterocycles. The quantitative estimate of drug-likeness (QED) is 0.229. The number of carbonyl (C=O) groups is 3. The third-order valence-corrected chi connectivity index (χ3v) is 6.46. The Balaban J connectivity index is 1.37. The number of rotatable bonds is 11. The minimum atomic E-state index is -4.66. The Kier molecular flexibility index (Phi) is 9.38. The molecule has 1 heterocycles. The van der Waals surface area contributed by atoms with Crippen molar-refractivity contribution in [2.24, 2.45) is 5.92 Å². The smallest absolute Gasteiger partial charge is 0.416 e. The number of ether oxygens (including phenoxy) is 2. The summed E-state index contributed by atoms with van der Waals surface area (Å²) in [5.74, 6) is -2.49. The SMILES string of the molecule is COC(=O)Nc1cccc(COc2ccc(C(=O)C[C@H](CCn3nnc4ccc(C(F)(F)F)cc4c3=O)C(=O)O)cc2)c1. The van der Waals surface area contributed by atoms with Crippen LogP contribution in [-0.4, -0.2) is 45.1 Å². The number of methoxy groups -OCH3 is 1. The van der Waals surface area contributed by atoms with Gasteiger partial charge >= 0.3 is 18.2 Å². The number of nitrogens with zero attached hydrogens (tertiary/aromatic N) is 3. The molecule has 4 aromatic rings. The minimum absolute atomic E-state index is 0.0317. The molecule has 0 bridgehead atoms. The number of carbonyl (C=O) groups excluding carboxylic acids is 2. The summed E-state index contributed by atoms with van der Waals surface area (Å²) in [4.78, 5) is 48.8. The zero-order valence-corrected chi connectivity index (χ0v) is 22.6. The van der Waals surface area contributed by atoms with Gasteiger partial charge in [0.25, 0.3) is 5.56 Å². The first-order valence-electron chi connectivity index (χ1n) is 12.8. The van der Waals surface area contributed by atoms with Crippen molar-refractivity contribution in [3.8, 4) is 5.75 Å². The van der Waals surface area contributed by atoms with Crippen LogP contribution in [0.25, 0.3) is 10.9 Å². The molecule has 43 heavy (non-hydrogen) atoms. The summed E-state index contributed by atoms with van der Waals surface area (Å²) >= 11 is 0. The lowest BCUT2D eigenvalue weighted by Crippen LogP contribution is -2.27. The molecule has 0 aliphatic rings. The van der Waals surface area contributed by atoms with E-state index in [0.29, 0.717) is 17.5 Å². The Morgan fingerprint density at radius 1 is 1.05 bits per heavy atom. The summed E-state index contributed by atoms with van der Waals surface area (Å²) in [5.41, 5.74) is -0.386. The largest absolute Gasteiger partial charge is 0.489 e. The van der Waals surface area contributed by atoms with Crippen LogP contribution in [0.2, 0.25) is 0 Å². The molecular formula is C29H25F3N4O7. The van der Waals surface area contributed by atoms with Crippen LogP contribution in [0.4, 0.5) is 23.7 Å². The van der Waals surface area contributed by atoms with Crippen molar-refractivity contribution in [2.75, 3.05) is 12.4 Å². The minimum Gasteiger partial charge on any atom is -0.489 e. The van der Waals surface area contributed by atoms with E-state index in [1.807, 2.05) is 0 Å².